The number of amides is 1. The van der Waals surface area contributed by atoms with Crippen LogP contribution in [-0.4, -0.2) is 74.5 Å². The van der Waals surface area contributed by atoms with Crippen LogP contribution in [0.15, 0.2) is 24.3 Å². The Bertz CT molecular complexity index is 842. The van der Waals surface area contributed by atoms with Crippen LogP contribution in [0, 0.1) is 11.8 Å². The van der Waals surface area contributed by atoms with Gasteiger partial charge >= 0.3 is 0 Å². The Labute approximate surface area is 179 Å². The molecule has 1 saturated heterocycles. The number of para-hydroxylation sites is 2. The summed E-state index contributed by atoms with van der Waals surface area (Å²) < 4.78 is 32.5. The van der Waals surface area contributed by atoms with Gasteiger partial charge in [0.05, 0.1) is 18.6 Å². The van der Waals surface area contributed by atoms with E-state index in [1.54, 1.807) is 7.11 Å². The van der Waals surface area contributed by atoms with Crippen molar-refractivity contribution in [3.8, 4) is 17.6 Å². The standard InChI is InChI=1S/C21H31N3O5S/c1-3-4-5-6-7-10-19(24(26)18-25)17-30(27,28)23-15-13-22(14-16-23)20-11-8-9-12-21(20)29-2/h8-9,11-12,18-19,26H,3-6,13-17H2,1-2H3. The van der Waals surface area contributed by atoms with E-state index in [2.05, 4.69) is 23.7 Å². The second kappa shape index (κ2) is 11.8. The molecule has 8 nitrogen and oxygen atoms in total. The van der Waals surface area contributed by atoms with Crippen molar-refractivity contribution in [2.45, 2.75) is 38.6 Å². The van der Waals surface area contributed by atoms with Gasteiger partial charge in [-0.1, -0.05) is 37.8 Å². The number of ether oxygens (including phenoxy) is 1. The maximum absolute atomic E-state index is 12.9. The third kappa shape index (κ3) is 6.62. The molecule has 0 bridgehead atoms. The molecule has 1 aliphatic rings. The van der Waals surface area contributed by atoms with Gasteiger partial charge in [-0.05, 0) is 18.6 Å². The SMILES string of the molecule is CCCCCC#CC(CS(=O)(=O)N1CCN(c2ccccc2OC)CC1)N(O)C=O. The van der Waals surface area contributed by atoms with E-state index < -0.39 is 21.8 Å². The fourth-order valence-electron chi connectivity index (χ4n) is 3.31. The number of piperazine rings is 1. The lowest BCUT2D eigenvalue weighted by Crippen LogP contribution is -2.51. The van der Waals surface area contributed by atoms with Gasteiger partial charge in [0.15, 0.2) is 0 Å². The molecular formula is C21H31N3O5S. The normalized spacial score (nSPS) is 15.8. The Morgan fingerprint density at radius 2 is 1.93 bits per heavy atom. The van der Waals surface area contributed by atoms with Gasteiger partial charge in [0, 0.05) is 32.6 Å². The molecule has 0 radical (unpaired) electrons. The number of anilines is 1. The molecular weight excluding hydrogens is 406 g/mol. The zero-order chi connectivity index (χ0) is 22.0. The molecule has 0 saturated carbocycles. The molecule has 1 amide bonds. The van der Waals surface area contributed by atoms with Gasteiger partial charge in [0.2, 0.25) is 16.4 Å². The van der Waals surface area contributed by atoms with E-state index in [4.69, 9.17) is 4.74 Å². The predicted molar refractivity (Wildman–Crippen MR) is 116 cm³/mol. The van der Waals surface area contributed by atoms with Crippen LogP contribution >= 0.6 is 0 Å². The summed E-state index contributed by atoms with van der Waals surface area (Å²) in [6.07, 6.45) is 3.79. The first-order valence-electron chi connectivity index (χ1n) is 10.2. The summed E-state index contributed by atoms with van der Waals surface area (Å²) in [5.41, 5.74) is 0.926. The van der Waals surface area contributed by atoms with Gasteiger partial charge in [-0.3, -0.25) is 10.0 Å². The Kier molecular flexibility index (Phi) is 9.43. The highest BCUT2D eigenvalue weighted by Crippen LogP contribution is 2.28. The van der Waals surface area contributed by atoms with Crippen LogP contribution in [0.5, 0.6) is 5.75 Å². The molecule has 1 heterocycles. The smallest absolute Gasteiger partial charge is 0.234 e. The molecule has 1 N–H and O–H groups in total. The first-order chi connectivity index (χ1) is 14.4. The van der Waals surface area contributed by atoms with Gasteiger partial charge in [-0.2, -0.15) is 4.31 Å². The van der Waals surface area contributed by atoms with E-state index >= 15 is 0 Å². The number of hydrogen-bond donors (Lipinski definition) is 1. The average molecular weight is 438 g/mol. The van der Waals surface area contributed by atoms with E-state index in [9.17, 15) is 18.4 Å². The number of nitrogens with zero attached hydrogens (tertiary/aromatic N) is 3. The van der Waals surface area contributed by atoms with Crippen molar-refractivity contribution in [2.75, 3.05) is 43.9 Å². The zero-order valence-electron chi connectivity index (χ0n) is 17.7. The van der Waals surface area contributed by atoms with E-state index in [1.165, 1.54) is 4.31 Å². The summed E-state index contributed by atoms with van der Waals surface area (Å²) in [6, 6.07) is 6.54. The number of benzene rings is 1. The minimum absolute atomic E-state index is 0.195. The number of rotatable bonds is 10. The maximum atomic E-state index is 12.9. The molecule has 0 aliphatic carbocycles. The van der Waals surface area contributed by atoms with Crippen LogP contribution in [0.2, 0.25) is 0 Å². The quantitative estimate of drug-likeness (QED) is 0.198. The van der Waals surface area contributed by atoms with Crippen molar-refractivity contribution in [1.82, 2.24) is 9.37 Å². The summed E-state index contributed by atoms with van der Waals surface area (Å²) in [5, 5.41) is 10.1. The predicted octanol–water partition coefficient (Wildman–Crippen LogP) is 1.95. The Balaban J connectivity index is 2.01. The Morgan fingerprint density at radius 3 is 2.57 bits per heavy atom. The fourth-order valence-corrected chi connectivity index (χ4v) is 4.88. The molecule has 9 heteroatoms. The van der Waals surface area contributed by atoms with Gasteiger partial charge in [-0.15, -0.1) is 5.92 Å². The molecule has 166 valence electrons. The second-order valence-electron chi connectivity index (χ2n) is 7.12. The van der Waals surface area contributed by atoms with E-state index in [-0.39, 0.29) is 6.41 Å². The first-order valence-corrected chi connectivity index (χ1v) is 11.8. The van der Waals surface area contributed by atoms with Crippen LogP contribution in [-0.2, 0) is 14.8 Å². The van der Waals surface area contributed by atoms with Crippen molar-refractivity contribution >= 4 is 22.1 Å². The average Bonchev–Trinajstić information content (AvgIpc) is 2.77. The number of hydrogen-bond acceptors (Lipinski definition) is 6. The van der Waals surface area contributed by atoms with Crippen molar-refractivity contribution < 1.29 is 23.2 Å². The molecule has 1 atom stereocenters. The van der Waals surface area contributed by atoms with E-state index in [0.29, 0.717) is 37.7 Å². The lowest BCUT2D eigenvalue weighted by atomic mass is 10.2. The monoisotopic (exact) mass is 437 g/mol. The molecule has 1 aromatic carbocycles. The van der Waals surface area contributed by atoms with Crippen molar-refractivity contribution in [3.05, 3.63) is 24.3 Å². The van der Waals surface area contributed by atoms with Crippen molar-refractivity contribution in [1.29, 1.82) is 0 Å². The molecule has 0 spiro atoms. The van der Waals surface area contributed by atoms with Crippen LogP contribution in [0.1, 0.15) is 32.6 Å². The summed E-state index contributed by atoms with van der Waals surface area (Å²) >= 11 is 0. The maximum Gasteiger partial charge on any atom is 0.234 e. The largest absolute Gasteiger partial charge is 0.495 e. The number of sulfonamides is 1. The van der Waals surface area contributed by atoms with Crippen LogP contribution in [0.25, 0.3) is 0 Å². The summed E-state index contributed by atoms with van der Waals surface area (Å²) in [4.78, 5) is 13.1. The number of hydroxylamine groups is 2. The van der Waals surface area contributed by atoms with E-state index in [1.807, 2.05) is 24.3 Å². The number of carbonyl (C=O) groups is 1. The van der Waals surface area contributed by atoms with Crippen molar-refractivity contribution in [2.24, 2.45) is 0 Å². The van der Waals surface area contributed by atoms with E-state index in [0.717, 1.165) is 30.7 Å². The highest BCUT2D eigenvalue weighted by atomic mass is 32.2. The summed E-state index contributed by atoms with van der Waals surface area (Å²) in [7, 11) is -2.09. The first kappa shape index (κ1) is 24.0. The minimum Gasteiger partial charge on any atom is -0.495 e. The summed E-state index contributed by atoms with van der Waals surface area (Å²) in [6.45, 7) is 3.73. The van der Waals surface area contributed by atoms with Gasteiger partial charge < -0.3 is 9.64 Å². The highest BCUT2D eigenvalue weighted by molar-refractivity contribution is 7.89. The number of unbranched alkanes of at least 4 members (excludes halogenated alkanes) is 3. The zero-order valence-corrected chi connectivity index (χ0v) is 18.5. The Hall–Kier alpha value is -2.28. The topological polar surface area (TPSA) is 90.4 Å². The third-order valence-electron chi connectivity index (χ3n) is 5.03. The van der Waals surface area contributed by atoms with Gasteiger partial charge in [-0.25, -0.2) is 13.5 Å². The van der Waals surface area contributed by atoms with Gasteiger partial charge in [0.1, 0.15) is 11.8 Å². The van der Waals surface area contributed by atoms with Crippen molar-refractivity contribution in [3.63, 3.8) is 0 Å². The molecule has 1 unspecified atom stereocenters. The van der Waals surface area contributed by atoms with Crippen LogP contribution in [0.4, 0.5) is 5.69 Å². The molecule has 0 aromatic heterocycles. The highest BCUT2D eigenvalue weighted by Gasteiger charge is 2.31. The number of carbonyl (C=O) groups excluding carboxylic acids is 1. The lowest BCUT2D eigenvalue weighted by Gasteiger charge is -2.36. The minimum atomic E-state index is -3.69. The fraction of sp³-hybridized carbons (Fsp3) is 0.571. The summed E-state index contributed by atoms with van der Waals surface area (Å²) in [5.74, 6) is 5.93. The van der Waals surface area contributed by atoms with Crippen LogP contribution in [0.3, 0.4) is 0 Å². The van der Waals surface area contributed by atoms with Gasteiger partial charge in [0.25, 0.3) is 0 Å². The van der Waals surface area contributed by atoms with Crippen LogP contribution < -0.4 is 9.64 Å². The molecule has 1 fully saturated rings. The second-order valence-corrected chi connectivity index (χ2v) is 9.13. The lowest BCUT2D eigenvalue weighted by molar-refractivity contribution is -0.153. The molecule has 2 rings (SSSR count). The molecule has 1 aromatic rings. The molecule has 30 heavy (non-hydrogen) atoms. The third-order valence-corrected chi connectivity index (χ3v) is 6.92. The Morgan fingerprint density at radius 1 is 1.23 bits per heavy atom. The number of methoxy groups -OCH3 is 1. The molecule has 1 aliphatic heterocycles.